The summed E-state index contributed by atoms with van der Waals surface area (Å²) in [4.78, 5) is 6.75. The predicted molar refractivity (Wildman–Crippen MR) is 83.8 cm³/mol. The molecule has 2 aliphatic rings. The van der Waals surface area contributed by atoms with Crippen LogP contribution in [0.15, 0.2) is 48.0 Å². The first kappa shape index (κ1) is 13.2. The molecule has 0 atom stereocenters. The Morgan fingerprint density at radius 3 is 2.65 bits per heavy atom. The highest BCUT2D eigenvalue weighted by molar-refractivity contribution is 5.81. The second kappa shape index (κ2) is 5.31. The summed E-state index contributed by atoms with van der Waals surface area (Å²) in [6, 6.07) is 10.9. The zero-order chi connectivity index (χ0) is 14.0. The predicted octanol–water partition coefficient (Wildman–Crippen LogP) is 2.90. The number of guanidine groups is 1. The molecule has 1 aromatic carbocycles. The second-order valence-electron chi connectivity index (χ2n) is 5.98. The summed E-state index contributed by atoms with van der Waals surface area (Å²) in [5, 5.41) is 0. The van der Waals surface area contributed by atoms with Gasteiger partial charge in [-0.2, -0.15) is 0 Å². The zero-order valence-corrected chi connectivity index (χ0v) is 12.0. The van der Waals surface area contributed by atoms with E-state index in [9.17, 15) is 0 Å². The molecule has 0 saturated heterocycles. The maximum atomic E-state index is 6.04. The van der Waals surface area contributed by atoms with Crippen molar-refractivity contribution in [1.82, 2.24) is 4.90 Å². The average Bonchev–Trinajstić information content (AvgIpc) is 2.79. The molecular formula is C17H23N3. The quantitative estimate of drug-likeness (QED) is 0.857. The molecule has 0 amide bonds. The molecule has 1 fully saturated rings. The molecular weight excluding hydrogens is 246 g/mol. The average molecular weight is 269 g/mol. The molecule has 0 bridgehead atoms. The molecule has 3 rings (SSSR count). The fourth-order valence-electron chi connectivity index (χ4n) is 3.70. The lowest BCUT2D eigenvalue weighted by molar-refractivity contribution is 0.143. The van der Waals surface area contributed by atoms with E-state index < -0.39 is 0 Å². The summed E-state index contributed by atoms with van der Waals surface area (Å²) in [5.41, 5.74) is 7.68. The van der Waals surface area contributed by atoms with Crippen LogP contribution in [0.1, 0.15) is 37.2 Å². The van der Waals surface area contributed by atoms with Crippen LogP contribution >= 0.6 is 0 Å². The topological polar surface area (TPSA) is 41.6 Å². The van der Waals surface area contributed by atoms with Gasteiger partial charge < -0.3 is 10.6 Å². The highest BCUT2D eigenvalue weighted by atomic mass is 15.4. The van der Waals surface area contributed by atoms with Crippen LogP contribution in [0.2, 0.25) is 0 Å². The van der Waals surface area contributed by atoms with E-state index in [0.29, 0.717) is 11.9 Å². The Hall–Kier alpha value is -1.77. The van der Waals surface area contributed by atoms with Gasteiger partial charge >= 0.3 is 0 Å². The first-order valence-electron chi connectivity index (χ1n) is 7.48. The summed E-state index contributed by atoms with van der Waals surface area (Å²) in [6.45, 7) is 5.51. The van der Waals surface area contributed by atoms with Crippen molar-refractivity contribution >= 4 is 5.96 Å². The number of hydrogen-bond acceptors (Lipinski definition) is 3. The van der Waals surface area contributed by atoms with Crippen molar-refractivity contribution in [2.75, 3.05) is 13.1 Å². The summed E-state index contributed by atoms with van der Waals surface area (Å²) in [5.74, 6) is 1.39. The van der Waals surface area contributed by atoms with Gasteiger partial charge in [-0.05, 0) is 37.2 Å². The molecule has 1 aromatic rings. The number of aliphatic imine (C=N–C) groups is 1. The van der Waals surface area contributed by atoms with E-state index in [1.807, 2.05) is 6.08 Å². The van der Waals surface area contributed by atoms with Crippen molar-refractivity contribution in [2.24, 2.45) is 10.7 Å². The Bertz CT molecular complexity index is 498. The summed E-state index contributed by atoms with van der Waals surface area (Å²) < 4.78 is 0. The van der Waals surface area contributed by atoms with Crippen molar-refractivity contribution < 1.29 is 0 Å². The minimum Gasteiger partial charge on any atom is -0.370 e. The molecule has 1 aliphatic heterocycles. The lowest BCUT2D eigenvalue weighted by Gasteiger charge is -2.44. The maximum Gasteiger partial charge on any atom is 0.192 e. The molecule has 20 heavy (non-hydrogen) atoms. The SMILES string of the molecule is C=CCN1C(N)=NCC12CCC(c1ccccc1)CC2. The van der Waals surface area contributed by atoms with Gasteiger partial charge in [-0.3, -0.25) is 4.99 Å². The standard InChI is InChI=1S/C17H23N3/c1-2-12-20-16(18)19-13-17(20)10-8-15(9-11-17)14-6-4-3-5-7-14/h2-7,15H,1,8-13H2,(H2,18,19). The Morgan fingerprint density at radius 2 is 2.00 bits per heavy atom. The van der Waals surface area contributed by atoms with E-state index >= 15 is 0 Å². The lowest BCUT2D eigenvalue weighted by Crippen LogP contribution is -2.53. The number of hydrogen-bond donors (Lipinski definition) is 1. The molecule has 1 heterocycles. The number of nitrogens with zero attached hydrogens (tertiary/aromatic N) is 2. The smallest absolute Gasteiger partial charge is 0.192 e. The van der Waals surface area contributed by atoms with Crippen molar-refractivity contribution in [2.45, 2.75) is 37.1 Å². The number of nitrogens with two attached hydrogens (primary N) is 1. The minimum atomic E-state index is 0.156. The van der Waals surface area contributed by atoms with Gasteiger partial charge in [0.05, 0.1) is 12.1 Å². The van der Waals surface area contributed by atoms with Gasteiger partial charge in [0.1, 0.15) is 0 Å². The fourth-order valence-corrected chi connectivity index (χ4v) is 3.70. The molecule has 2 N–H and O–H groups in total. The van der Waals surface area contributed by atoms with Crippen LogP contribution in [0, 0.1) is 0 Å². The van der Waals surface area contributed by atoms with Crippen molar-refractivity contribution in [3.8, 4) is 0 Å². The Kier molecular flexibility index (Phi) is 3.51. The highest BCUT2D eigenvalue weighted by Crippen LogP contribution is 2.42. The van der Waals surface area contributed by atoms with Gasteiger partial charge in [-0.25, -0.2) is 0 Å². The molecule has 3 nitrogen and oxygen atoms in total. The van der Waals surface area contributed by atoms with E-state index in [1.165, 1.54) is 31.2 Å². The van der Waals surface area contributed by atoms with E-state index in [0.717, 1.165) is 13.1 Å². The van der Waals surface area contributed by atoms with Crippen molar-refractivity contribution in [3.63, 3.8) is 0 Å². The van der Waals surface area contributed by atoms with E-state index in [1.54, 1.807) is 0 Å². The van der Waals surface area contributed by atoms with Crippen LogP contribution in [0.5, 0.6) is 0 Å². The molecule has 0 aromatic heterocycles. The number of rotatable bonds is 3. The largest absolute Gasteiger partial charge is 0.370 e. The third-order valence-corrected chi connectivity index (χ3v) is 4.88. The Labute approximate surface area is 121 Å². The van der Waals surface area contributed by atoms with Crippen molar-refractivity contribution in [3.05, 3.63) is 48.6 Å². The Morgan fingerprint density at radius 1 is 1.30 bits per heavy atom. The summed E-state index contributed by atoms with van der Waals surface area (Å²) in [6.07, 6.45) is 6.72. The van der Waals surface area contributed by atoms with E-state index in [2.05, 4.69) is 46.8 Å². The molecule has 0 radical (unpaired) electrons. The van der Waals surface area contributed by atoms with Gasteiger partial charge in [0.2, 0.25) is 0 Å². The molecule has 1 spiro atoms. The first-order valence-corrected chi connectivity index (χ1v) is 7.48. The summed E-state index contributed by atoms with van der Waals surface area (Å²) in [7, 11) is 0. The van der Waals surface area contributed by atoms with Crippen molar-refractivity contribution in [1.29, 1.82) is 0 Å². The van der Waals surface area contributed by atoms with Crippen LogP contribution < -0.4 is 5.73 Å². The molecule has 1 aliphatic carbocycles. The van der Waals surface area contributed by atoms with Gasteiger partial charge in [0.15, 0.2) is 5.96 Å². The van der Waals surface area contributed by atoms with Gasteiger partial charge in [-0.15, -0.1) is 6.58 Å². The van der Waals surface area contributed by atoms with Crippen LogP contribution in [-0.4, -0.2) is 29.5 Å². The molecule has 1 saturated carbocycles. The van der Waals surface area contributed by atoms with Crippen LogP contribution in [0.3, 0.4) is 0 Å². The Balaban J connectivity index is 1.70. The molecule has 0 unspecified atom stereocenters. The normalized spacial score (nSPS) is 29.5. The monoisotopic (exact) mass is 269 g/mol. The fraction of sp³-hybridized carbons (Fsp3) is 0.471. The minimum absolute atomic E-state index is 0.156. The maximum absolute atomic E-state index is 6.04. The van der Waals surface area contributed by atoms with E-state index in [4.69, 9.17) is 5.73 Å². The van der Waals surface area contributed by atoms with Crippen LogP contribution in [0.25, 0.3) is 0 Å². The highest BCUT2D eigenvalue weighted by Gasteiger charge is 2.44. The second-order valence-corrected chi connectivity index (χ2v) is 5.98. The summed E-state index contributed by atoms with van der Waals surface area (Å²) >= 11 is 0. The van der Waals surface area contributed by atoms with Crippen LogP contribution in [-0.2, 0) is 0 Å². The molecule has 3 heteroatoms. The van der Waals surface area contributed by atoms with Gasteiger partial charge in [0, 0.05) is 6.54 Å². The van der Waals surface area contributed by atoms with E-state index in [-0.39, 0.29) is 5.54 Å². The zero-order valence-electron chi connectivity index (χ0n) is 12.0. The lowest BCUT2D eigenvalue weighted by atomic mass is 9.73. The third-order valence-electron chi connectivity index (χ3n) is 4.88. The van der Waals surface area contributed by atoms with Gasteiger partial charge in [-0.1, -0.05) is 36.4 Å². The number of benzene rings is 1. The van der Waals surface area contributed by atoms with Crippen LogP contribution in [0.4, 0.5) is 0 Å². The first-order chi connectivity index (χ1) is 9.75. The third kappa shape index (κ3) is 2.21. The van der Waals surface area contributed by atoms with Gasteiger partial charge in [0.25, 0.3) is 0 Å². The molecule has 106 valence electrons.